The summed E-state index contributed by atoms with van der Waals surface area (Å²) in [5.41, 5.74) is 16.1. The molecule has 0 aliphatic heterocycles. The van der Waals surface area contributed by atoms with E-state index >= 15 is 0 Å². The standard InChI is InChI=1S/C62H44N2/c1-5-18-45(19-6-1)51-42-52(46-20-7-2-8-21-46)44-56(43-51)64(61-31-17-25-50-24-13-14-28-58(50)61)55-38-34-48(35-39-55)47-32-36-54(37-33-47)63(53-26-11-4-12-27-53)62-41-40-57(49-22-9-3-10-23-49)59-29-15-16-30-60(59)62/h1-44H. The summed E-state index contributed by atoms with van der Waals surface area (Å²) in [6.07, 6.45) is 0. The molecular formula is C62H44N2. The Hall–Kier alpha value is -8.46. The van der Waals surface area contributed by atoms with Crippen LogP contribution in [0.2, 0.25) is 0 Å². The summed E-state index contributed by atoms with van der Waals surface area (Å²) in [5.74, 6) is 0. The average molecular weight is 817 g/mol. The predicted octanol–water partition coefficient (Wildman–Crippen LogP) is 17.6. The van der Waals surface area contributed by atoms with Gasteiger partial charge in [0.25, 0.3) is 0 Å². The Labute approximate surface area is 375 Å². The van der Waals surface area contributed by atoms with E-state index in [0.717, 1.165) is 45.3 Å². The number of hydrogen-bond acceptors (Lipinski definition) is 2. The second-order valence-electron chi connectivity index (χ2n) is 16.1. The number of hydrogen-bond donors (Lipinski definition) is 0. The summed E-state index contributed by atoms with van der Waals surface area (Å²) in [6.45, 7) is 0. The van der Waals surface area contributed by atoms with Gasteiger partial charge >= 0.3 is 0 Å². The van der Waals surface area contributed by atoms with Crippen molar-refractivity contribution >= 4 is 55.7 Å². The molecule has 11 rings (SSSR count). The van der Waals surface area contributed by atoms with E-state index in [2.05, 4.69) is 277 Å². The normalized spacial score (nSPS) is 11.1. The Morgan fingerprint density at radius 1 is 0.203 bits per heavy atom. The van der Waals surface area contributed by atoms with E-state index in [1.54, 1.807) is 0 Å². The first-order chi connectivity index (χ1) is 31.7. The summed E-state index contributed by atoms with van der Waals surface area (Å²) in [4.78, 5) is 4.79. The van der Waals surface area contributed by atoms with Crippen molar-refractivity contribution in [3.8, 4) is 44.5 Å². The SMILES string of the molecule is c1ccc(-c2cc(-c3ccccc3)cc(N(c3ccc(-c4ccc(N(c5ccccc5)c5ccc(-c6ccccc6)c6ccccc56)cc4)cc3)c3cccc4ccccc34)c2)cc1. The smallest absolute Gasteiger partial charge is 0.0540 e. The van der Waals surface area contributed by atoms with Crippen LogP contribution in [-0.4, -0.2) is 0 Å². The summed E-state index contributed by atoms with van der Waals surface area (Å²) >= 11 is 0. The van der Waals surface area contributed by atoms with Crippen molar-refractivity contribution in [3.63, 3.8) is 0 Å². The highest BCUT2D eigenvalue weighted by Gasteiger charge is 2.20. The molecule has 0 saturated carbocycles. The summed E-state index contributed by atoms with van der Waals surface area (Å²) in [5, 5.41) is 4.83. The number of nitrogens with zero attached hydrogens (tertiary/aromatic N) is 2. The minimum atomic E-state index is 1.09. The molecule has 64 heavy (non-hydrogen) atoms. The lowest BCUT2D eigenvalue weighted by atomic mass is 9.96. The van der Waals surface area contributed by atoms with Crippen molar-refractivity contribution in [2.24, 2.45) is 0 Å². The molecule has 2 heteroatoms. The molecule has 0 aliphatic carbocycles. The Morgan fingerprint density at radius 2 is 0.609 bits per heavy atom. The van der Waals surface area contributed by atoms with Crippen LogP contribution in [0.5, 0.6) is 0 Å². The molecule has 0 radical (unpaired) electrons. The number of benzene rings is 11. The van der Waals surface area contributed by atoms with Crippen LogP contribution in [0.25, 0.3) is 66.1 Å². The molecule has 0 saturated heterocycles. The largest absolute Gasteiger partial charge is 0.310 e. The van der Waals surface area contributed by atoms with Gasteiger partial charge in [-0.3, -0.25) is 0 Å². The molecular weight excluding hydrogens is 773 g/mol. The van der Waals surface area contributed by atoms with E-state index in [9.17, 15) is 0 Å². The van der Waals surface area contributed by atoms with Gasteiger partial charge in [-0.1, -0.05) is 200 Å². The second kappa shape index (κ2) is 17.1. The zero-order valence-corrected chi connectivity index (χ0v) is 35.3. The molecule has 0 bridgehead atoms. The van der Waals surface area contributed by atoms with Gasteiger partial charge in [-0.15, -0.1) is 0 Å². The zero-order chi connectivity index (χ0) is 42.7. The van der Waals surface area contributed by atoms with Gasteiger partial charge in [-0.25, -0.2) is 0 Å². The summed E-state index contributed by atoms with van der Waals surface area (Å²) in [7, 11) is 0. The molecule has 302 valence electrons. The Kier molecular flexibility index (Phi) is 10.3. The molecule has 0 aromatic heterocycles. The van der Waals surface area contributed by atoms with Crippen LogP contribution >= 0.6 is 0 Å². The molecule has 11 aromatic carbocycles. The predicted molar refractivity (Wildman–Crippen MR) is 273 cm³/mol. The van der Waals surface area contributed by atoms with E-state index in [0.29, 0.717) is 0 Å². The highest BCUT2D eigenvalue weighted by molar-refractivity contribution is 6.06. The van der Waals surface area contributed by atoms with E-state index < -0.39 is 0 Å². The first-order valence-electron chi connectivity index (χ1n) is 21.9. The van der Waals surface area contributed by atoms with Crippen molar-refractivity contribution in [1.29, 1.82) is 0 Å². The summed E-state index contributed by atoms with van der Waals surface area (Å²) in [6, 6.07) is 96.3. The number of para-hydroxylation sites is 1. The Balaban J connectivity index is 0.994. The minimum absolute atomic E-state index is 1.09. The first kappa shape index (κ1) is 38.5. The van der Waals surface area contributed by atoms with Crippen LogP contribution in [0.3, 0.4) is 0 Å². The Bertz CT molecular complexity index is 3280. The third kappa shape index (κ3) is 7.48. The molecule has 11 aromatic rings. The fourth-order valence-corrected chi connectivity index (χ4v) is 9.12. The lowest BCUT2D eigenvalue weighted by Crippen LogP contribution is -2.11. The quantitative estimate of drug-likeness (QED) is 0.136. The maximum absolute atomic E-state index is 2.42. The lowest BCUT2D eigenvalue weighted by molar-refractivity contribution is 1.29. The molecule has 0 aliphatic rings. The van der Waals surface area contributed by atoms with Gasteiger partial charge in [0, 0.05) is 33.5 Å². The maximum atomic E-state index is 2.42. The first-order valence-corrected chi connectivity index (χ1v) is 21.9. The maximum Gasteiger partial charge on any atom is 0.0540 e. The van der Waals surface area contributed by atoms with E-state index in [1.807, 2.05) is 0 Å². The van der Waals surface area contributed by atoms with Crippen molar-refractivity contribution in [2.75, 3.05) is 9.80 Å². The Morgan fingerprint density at radius 3 is 1.19 bits per heavy atom. The molecule has 0 heterocycles. The molecule has 0 fully saturated rings. The monoisotopic (exact) mass is 816 g/mol. The molecule has 0 unspecified atom stereocenters. The second-order valence-corrected chi connectivity index (χ2v) is 16.1. The van der Waals surface area contributed by atoms with Gasteiger partial charge in [-0.05, 0) is 122 Å². The van der Waals surface area contributed by atoms with Gasteiger partial charge in [0.2, 0.25) is 0 Å². The topological polar surface area (TPSA) is 6.48 Å². The number of fused-ring (bicyclic) bond motifs is 2. The number of rotatable bonds is 10. The average Bonchev–Trinajstić information content (AvgIpc) is 3.38. The van der Waals surface area contributed by atoms with Gasteiger partial charge in [-0.2, -0.15) is 0 Å². The highest BCUT2D eigenvalue weighted by Crippen LogP contribution is 2.45. The lowest BCUT2D eigenvalue weighted by Gasteiger charge is -2.28. The summed E-state index contributed by atoms with van der Waals surface area (Å²) < 4.78 is 0. The van der Waals surface area contributed by atoms with E-state index in [1.165, 1.54) is 54.9 Å². The molecule has 0 amide bonds. The molecule has 0 spiro atoms. The van der Waals surface area contributed by atoms with Gasteiger partial charge in [0.15, 0.2) is 0 Å². The van der Waals surface area contributed by atoms with Crippen LogP contribution in [0.15, 0.2) is 267 Å². The molecule has 0 N–H and O–H groups in total. The van der Waals surface area contributed by atoms with Gasteiger partial charge < -0.3 is 9.80 Å². The van der Waals surface area contributed by atoms with Crippen LogP contribution in [0.4, 0.5) is 34.1 Å². The van der Waals surface area contributed by atoms with Gasteiger partial charge in [0.1, 0.15) is 0 Å². The van der Waals surface area contributed by atoms with Crippen LogP contribution < -0.4 is 9.80 Å². The van der Waals surface area contributed by atoms with Crippen molar-refractivity contribution in [3.05, 3.63) is 267 Å². The minimum Gasteiger partial charge on any atom is -0.310 e. The van der Waals surface area contributed by atoms with Crippen LogP contribution in [0, 0.1) is 0 Å². The van der Waals surface area contributed by atoms with E-state index in [4.69, 9.17) is 0 Å². The molecule has 2 nitrogen and oxygen atoms in total. The van der Waals surface area contributed by atoms with Crippen molar-refractivity contribution in [1.82, 2.24) is 0 Å². The number of anilines is 6. The fraction of sp³-hybridized carbons (Fsp3) is 0. The highest BCUT2D eigenvalue weighted by atomic mass is 15.1. The fourth-order valence-electron chi connectivity index (χ4n) is 9.12. The van der Waals surface area contributed by atoms with Crippen molar-refractivity contribution < 1.29 is 0 Å². The van der Waals surface area contributed by atoms with Crippen LogP contribution in [0.1, 0.15) is 0 Å². The zero-order valence-electron chi connectivity index (χ0n) is 35.3. The van der Waals surface area contributed by atoms with Gasteiger partial charge in [0.05, 0.1) is 11.4 Å². The van der Waals surface area contributed by atoms with Crippen molar-refractivity contribution in [2.45, 2.75) is 0 Å². The molecule has 0 atom stereocenters. The van der Waals surface area contributed by atoms with E-state index in [-0.39, 0.29) is 0 Å². The third-order valence-corrected chi connectivity index (χ3v) is 12.2. The van der Waals surface area contributed by atoms with Crippen LogP contribution in [-0.2, 0) is 0 Å². The third-order valence-electron chi connectivity index (χ3n) is 12.2.